The number of ketones is 2. The largest absolute Gasteiger partial charge is 0.469 e. The van der Waals surface area contributed by atoms with Crippen LogP contribution in [0, 0.1) is 40.4 Å². The van der Waals surface area contributed by atoms with Gasteiger partial charge in [-0.3, -0.25) is 14.4 Å². The van der Waals surface area contributed by atoms with Crippen molar-refractivity contribution in [1.82, 2.24) is 0 Å². The monoisotopic (exact) mass is 332 g/mol. The van der Waals surface area contributed by atoms with Gasteiger partial charge in [-0.2, -0.15) is 0 Å². The smallest absolute Gasteiger partial charge is 0.309 e. The van der Waals surface area contributed by atoms with Gasteiger partial charge in [0.15, 0.2) is 0 Å². The van der Waals surface area contributed by atoms with E-state index < -0.39 is 0 Å². The molecule has 0 unspecified atom stereocenters. The Labute approximate surface area is 143 Å². The number of Topliss-reactive ketones (excluding diaryl/α,β-unsaturated/α-hetero) is 2. The van der Waals surface area contributed by atoms with E-state index in [0.717, 1.165) is 32.1 Å². The van der Waals surface area contributed by atoms with Crippen molar-refractivity contribution in [3.8, 4) is 0 Å². The van der Waals surface area contributed by atoms with Crippen LogP contribution < -0.4 is 0 Å². The fraction of sp³-hybridized carbons (Fsp3) is 0.850. The number of carbonyl (C=O) groups is 3. The lowest BCUT2D eigenvalue weighted by Gasteiger charge is -2.60. The van der Waals surface area contributed by atoms with E-state index >= 15 is 0 Å². The van der Waals surface area contributed by atoms with Crippen LogP contribution in [0.25, 0.3) is 0 Å². The first-order valence-electron chi connectivity index (χ1n) is 9.47. The lowest BCUT2D eigenvalue weighted by molar-refractivity contribution is -0.172. The van der Waals surface area contributed by atoms with Gasteiger partial charge in [-0.25, -0.2) is 0 Å². The van der Waals surface area contributed by atoms with Crippen LogP contribution in [0.15, 0.2) is 0 Å². The fourth-order valence-electron chi connectivity index (χ4n) is 7.30. The van der Waals surface area contributed by atoms with E-state index in [1.807, 2.05) is 0 Å². The van der Waals surface area contributed by atoms with Gasteiger partial charge in [-0.15, -0.1) is 0 Å². The van der Waals surface area contributed by atoms with Crippen LogP contribution in [-0.4, -0.2) is 24.6 Å². The van der Waals surface area contributed by atoms with Crippen LogP contribution in [0.5, 0.6) is 0 Å². The summed E-state index contributed by atoms with van der Waals surface area (Å²) in [4.78, 5) is 37.9. The molecule has 4 heteroatoms. The molecule has 4 aliphatic carbocycles. The predicted molar refractivity (Wildman–Crippen MR) is 88.0 cm³/mol. The Morgan fingerprint density at radius 1 is 1.21 bits per heavy atom. The SMILES string of the molecule is COC(=O)[C@@H]1CC(=O)C[C@]2(C)[C@@H]1CC[C@@]13C[C@@H](CC[C@H]12)[C@@H](C)C3=O. The molecular formula is C20H28O4. The maximum atomic E-state index is 13.1. The first kappa shape index (κ1) is 16.3. The van der Waals surface area contributed by atoms with E-state index in [9.17, 15) is 14.4 Å². The quantitative estimate of drug-likeness (QED) is 0.692. The van der Waals surface area contributed by atoms with E-state index in [0.29, 0.717) is 24.5 Å². The van der Waals surface area contributed by atoms with Gasteiger partial charge in [0.1, 0.15) is 11.6 Å². The van der Waals surface area contributed by atoms with Gasteiger partial charge < -0.3 is 4.74 Å². The molecular weight excluding hydrogens is 304 g/mol. The van der Waals surface area contributed by atoms with Gasteiger partial charge in [-0.05, 0) is 55.3 Å². The van der Waals surface area contributed by atoms with Crippen LogP contribution in [-0.2, 0) is 19.1 Å². The molecule has 0 heterocycles. The summed E-state index contributed by atoms with van der Waals surface area (Å²) in [6, 6.07) is 0. The van der Waals surface area contributed by atoms with Crippen molar-refractivity contribution >= 4 is 17.5 Å². The van der Waals surface area contributed by atoms with Crippen molar-refractivity contribution in [2.24, 2.45) is 40.4 Å². The number of ether oxygens (including phenoxy) is 1. The van der Waals surface area contributed by atoms with Gasteiger partial charge in [0, 0.05) is 24.2 Å². The highest BCUT2D eigenvalue weighted by molar-refractivity contribution is 5.91. The third-order valence-electron chi connectivity index (χ3n) is 8.29. The van der Waals surface area contributed by atoms with Crippen molar-refractivity contribution in [3.05, 3.63) is 0 Å². The van der Waals surface area contributed by atoms with Crippen LogP contribution in [0.2, 0.25) is 0 Å². The standard InChI is InChI=1S/C20H28O4/c1-11-12-4-5-16-19(2)10-13(21)8-14(18(23)24-3)15(19)6-7-20(16,9-12)17(11)22/h11-12,14-16H,4-10H2,1-3H3/t11-,12-,14-,15-,16+,19-,20-/m1/s1. The molecule has 2 bridgehead atoms. The molecule has 4 nitrogen and oxygen atoms in total. The van der Waals surface area contributed by atoms with Gasteiger partial charge >= 0.3 is 5.97 Å². The van der Waals surface area contributed by atoms with Crippen molar-refractivity contribution in [2.75, 3.05) is 7.11 Å². The first-order valence-corrected chi connectivity index (χ1v) is 9.47. The Hall–Kier alpha value is -1.19. The number of esters is 1. The Morgan fingerprint density at radius 3 is 2.67 bits per heavy atom. The van der Waals surface area contributed by atoms with Crippen molar-refractivity contribution < 1.29 is 19.1 Å². The maximum Gasteiger partial charge on any atom is 0.309 e. The number of hydrogen-bond donors (Lipinski definition) is 0. The molecule has 4 fully saturated rings. The molecule has 132 valence electrons. The molecule has 24 heavy (non-hydrogen) atoms. The van der Waals surface area contributed by atoms with Crippen molar-refractivity contribution in [1.29, 1.82) is 0 Å². The van der Waals surface area contributed by atoms with E-state index in [-0.39, 0.29) is 46.3 Å². The van der Waals surface area contributed by atoms with Gasteiger partial charge in [0.05, 0.1) is 13.0 Å². The second-order valence-corrected chi connectivity index (χ2v) is 9.10. The second kappa shape index (κ2) is 5.15. The molecule has 0 aromatic rings. The van der Waals surface area contributed by atoms with E-state index in [1.54, 1.807) is 0 Å². The van der Waals surface area contributed by atoms with Crippen LogP contribution in [0.3, 0.4) is 0 Å². The summed E-state index contributed by atoms with van der Waals surface area (Å²) in [5.41, 5.74) is -0.441. The highest BCUT2D eigenvalue weighted by atomic mass is 16.5. The minimum atomic E-state index is -0.315. The van der Waals surface area contributed by atoms with Crippen molar-refractivity contribution in [2.45, 2.75) is 58.8 Å². The normalized spacial score (nSPS) is 50.2. The highest BCUT2D eigenvalue weighted by Gasteiger charge is 2.67. The Kier molecular flexibility index (Phi) is 3.50. The topological polar surface area (TPSA) is 60.4 Å². The van der Waals surface area contributed by atoms with Crippen LogP contribution >= 0.6 is 0 Å². The molecule has 1 spiro atoms. The zero-order valence-electron chi connectivity index (χ0n) is 15.0. The zero-order valence-corrected chi connectivity index (χ0v) is 15.0. The Bertz CT molecular complexity index is 611. The molecule has 0 N–H and O–H groups in total. The number of methoxy groups -OCH3 is 1. The van der Waals surface area contributed by atoms with E-state index in [4.69, 9.17) is 4.74 Å². The third-order valence-corrected chi connectivity index (χ3v) is 8.29. The summed E-state index contributed by atoms with van der Waals surface area (Å²) in [5.74, 6) is 1.20. The zero-order chi connectivity index (χ0) is 17.3. The molecule has 0 radical (unpaired) electrons. The summed E-state index contributed by atoms with van der Waals surface area (Å²) >= 11 is 0. The highest BCUT2D eigenvalue weighted by Crippen LogP contribution is 2.69. The Morgan fingerprint density at radius 2 is 1.96 bits per heavy atom. The summed E-state index contributed by atoms with van der Waals surface area (Å²) in [5, 5.41) is 0. The number of rotatable bonds is 1. The molecule has 0 amide bonds. The lowest BCUT2D eigenvalue weighted by atomic mass is 9.43. The molecule has 0 aliphatic heterocycles. The lowest BCUT2D eigenvalue weighted by Crippen LogP contribution is -2.58. The maximum absolute atomic E-state index is 13.1. The van der Waals surface area contributed by atoms with Gasteiger partial charge in [-0.1, -0.05) is 13.8 Å². The summed E-state index contributed by atoms with van der Waals surface area (Å²) < 4.78 is 5.01. The number of fused-ring (bicyclic) bond motifs is 3. The summed E-state index contributed by atoms with van der Waals surface area (Å²) in [6.45, 7) is 4.29. The molecule has 4 rings (SSSR count). The molecule has 4 aliphatic rings. The third kappa shape index (κ3) is 1.89. The second-order valence-electron chi connectivity index (χ2n) is 9.10. The average molecular weight is 332 g/mol. The van der Waals surface area contributed by atoms with Gasteiger partial charge in [0.25, 0.3) is 0 Å². The number of carbonyl (C=O) groups excluding carboxylic acids is 3. The molecule has 4 saturated carbocycles. The van der Waals surface area contributed by atoms with E-state index in [1.165, 1.54) is 7.11 Å². The van der Waals surface area contributed by atoms with E-state index in [2.05, 4.69) is 13.8 Å². The van der Waals surface area contributed by atoms with Crippen molar-refractivity contribution in [3.63, 3.8) is 0 Å². The fourth-order valence-corrected chi connectivity index (χ4v) is 7.30. The van der Waals surface area contributed by atoms with Crippen LogP contribution in [0.1, 0.15) is 58.8 Å². The Balaban J connectivity index is 1.75. The molecule has 7 atom stereocenters. The first-order chi connectivity index (χ1) is 11.3. The average Bonchev–Trinajstić information content (AvgIpc) is 2.73. The minimum Gasteiger partial charge on any atom is -0.469 e. The molecule has 0 saturated heterocycles. The molecule has 0 aromatic carbocycles. The minimum absolute atomic E-state index is 0.168. The summed E-state index contributed by atoms with van der Waals surface area (Å²) in [6.07, 6.45) is 5.78. The predicted octanol–water partition coefficient (Wildman–Crippen LogP) is 3.18. The van der Waals surface area contributed by atoms with Crippen LogP contribution in [0.4, 0.5) is 0 Å². The number of hydrogen-bond acceptors (Lipinski definition) is 4. The molecule has 0 aromatic heterocycles. The van der Waals surface area contributed by atoms with Gasteiger partial charge in [0.2, 0.25) is 0 Å². The summed E-state index contributed by atoms with van der Waals surface area (Å²) in [7, 11) is 1.41.